The van der Waals surface area contributed by atoms with Crippen LogP contribution in [0.5, 0.6) is 0 Å². The Kier molecular flexibility index (Phi) is 9.38. The fourth-order valence-electron chi connectivity index (χ4n) is 4.45. The first kappa shape index (κ1) is 27.4. The molecule has 0 aromatic carbocycles. The molecule has 0 amide bonds. The summed E-state index contributed by atoms with van der Waals surface area (Å²) in [4.78, 5) is 0. The molecule has 2 saturated heterocycles. The average Bonchev–Trinajstić information content (AvgIpc) is 2.65. The number of ether oxygens (including phenoxy) is 3. The summed E-state index contributed by atoms with van der Waals surface area (Å²) in [6.45, 7) is 21.2. The summed E-state index contributed by atoms with van der Waals surface area (Å²) in [6.07, 6.45) is -2.57. The van der Waals surface area contributed by atoms with Crippen LogP contribution in [-0.4, -0.2) is 77.1 Å². The molecule has 184 valence electrons. The fraction of sp³-hybridized carbons (Fsp3) is 1.00. The van der Waals surface area contributed by atoms with Crippen molar-refractivity contribution in [2.75, 3.05) is 13.2 Å². The van der Waals surface area contributed by atoms with Crippen LogP contribution in [0, 0.1) is 23.7 Å². The summed E-state index contributed by atoms with van der Waals surface area (Å²) >= 11 is 0. The second kappa shape index (κ2) is 10.6. The Morgan fingerprint density at radius 1 is 0.613 bits per heavy atom. The van der Waals surface area contributed by atoms with Crippen molar-refractivity contribution in [1.29, 1.82) is 0 Å². The third-order valence-electron chi connectivity index (χ3n) is 6.60. The summed E-state index contributed by atoms with van der Waals surface area (Å²) in [5.74, 6) is 0.635. The minimum absolute atomic E-state index is 0.0354. The number of hydrogen-bond acceptors (Lipinski definition) is 7. The molecule has 2 N–H and O–H groups in total. The molecule has 0 spiro atoms. The monoisotopic (exact) mass is 478 g/mol. The molecule has 0 bridgehead atoms. The molecule has 0 aromatic rings. The molecule has 10 atom stereocenters. The first-order valence-corrected chi connectivity index (χ1v) is 18.5. The van der Waals surface area contributed by atoms with Crippen LogP contribution >= 0.6 is 0 Å². The Balaban J connectivity index is 2.34. The van der Waals surface area contributed by atoms with Crippen molar-refractivity contribution in [3.63, 3.8) is 0 Å². The molecule has 7 nitrogen and oxygen atoms in total. The molecule has 2 heterocycles. The van der Waals surface area contributed by atoms with E-state index in [1.165, 1.54) is 0 Å². The Bertz CT molecular complexity index is 563. The standard InChI is InChI=1S/C22H46O7Si2/c1-13-14(2)17(11-23)25-21(15(13)3)27-22-20(29-31(8,9)10)19(28-30(5,6)7)16(4)18(12-24)26-22/h13-24H,11-12H2,1-10H3/t13-,14-,15+,16+,17+,18+,19-,20+,21+,22+/m0/s1. The summed E-state index contributed by atoms with van der Waals surface area (Å²) < 4.78 is 32.0. The van der Waals surface area contributed by atoms with Crippen molar-refractivity contribution >= 4 is 16.6 Å². The predicted molar refractivity (Wildman–Crippen MR) is 126 cm³/mol. The highest BCUT2D eigenvalue weighted by Crippen LogP contribution is 2.39. The molecule has 0 radical (unpaired) electrons. The lowest BCUT2D eigenvalue weighted by molar-refractivity contribution is -0.354. The molecule has 2 aliphatic rings. The molecule has 0 aromatic heterocycles. The number of rotatable bonds is 8. The van der Waals surface area contributed by atoms with E-state index in [1.807, 2.05) is 6.92 Å². The van der Waals surface area contributed by atoms with Crippen molar-refractivity contribution < 1.29 is 33.3 Å². The highest BCUT2D eigenvalue weighted by atomic mass is 28.4. The summed E-state index contributed by atoms with van der Waals surface area (Å²) in [5.41, 5.74) is 0. The van der Waals surface area contributed by atoms with E-state index in [4.69, 9.17) is 23.1 Å². The van der Waals surface area contributed by atoms with Gasteiger partial charge in [-0.15, -0.1) is 0 Å². The van der Waals surface area contributed by atoms with Gasteiger partial charge in [-0.2, -0.15) is 0 Å². The lowest BCUT2D eigenvalue weighted by Gasteiger charge is -2.50. The molecule has 2 rings (SSSR count). The van der Waals surface area contributed by atoms with Crippen LogP contribution < -0.4 is 0 Å². The third kappa shape index (κ3) is 7.07. The molecule has 2 fully saturated rings. The first-order chi connectivity index (χ1) is 14.2. The van der Waals surface area contributed by atoms with E-state index in [9.17, 15) is 10.2 Å². The second-order valence-corrected chi connectivity index (χ2v) is 20.3. The van der Waals surface area contributed by atoms with Gasteiger partial charge in [0.2, 0.25) is 0 Å². The molecule has 2 aliphatic heterocycles. The van der Waals surface area contributed by atoms with Crippen LogP contribution in [0.25, 0.3) is 0 Å². The topological polar surface area (TPSA) is 86.6 Å². The smallest absolute Gasteiger partial charge is 0.188 e. The van der Waals surface area contributed by atoms with E-state index in [0.29, 0.717) is 5.92 Å². The zero-order valence-corrected chi connectivity index (χ0v) is 23.1. The van der Waals surface area contributed by atoms with Crippen LogP contribution in [0.3, 0.4) is 0 Å². The van der Waals surface area contributed by atoms with Gasteiger partial charge >= 0.3 is 0 Å². The maximum absolute atomic E-state index is 10.0. The summed E-state index contributed by atoms with van der Waals surface area (Å²) in [6, 6.07) is 0. The number of hydrogen-bond donors (Lipinski definition) is 2. The summed E-state index contributed by atoms with van der Waals surface area (Å²) in [7, 11) is -3.86. The molecular weight excluding hydrogens is 432 g/mol. The van der Waals surface area contributed by atoms with Crippen LogP contribution in [0.2, 0.25) is 39.3 Å². The van der Waals surface area contributed by atoms with Gasteiger partial charge in [-0.05, 0) is 51.1 Å². The van der Waals surface area contributed by atoms with E-state index >= 15 is 0 Å². The lowest BCUT2D eigenvalue weighted by Crippen LogP contribution is -2.62. The zero-order valence-electron chi connectivity index (χ0n) is 21.1. The van der Waals surface area contributed by atoms with Crippen LogP contribution in [0.15, 0.2) is 0 Å². The van der Waals surface area contributed by atoms with E-state index in [1.54, 1.807) is 0 Å². The van der Waals surface area contributed by atoms with Crippen LogP contribution in [-0.2, 0) is 23.1 Å². The van der Waals surface area contributed by atoms with Crippen molar-refractivity contribution in [2.24, 2.45) is 23.7 Å². The maximum atomic E-state index is 10.0. The quantitative estimate of drug-likeness (QED) is 0.517. The minimum Gasteiger partial charge on any atom is -0.412 e. The number of aliphatic hydroxyl groups is 2. The van der Waals surface area contributed by atoms with Crippen molar-refractivity contribution in [2.45, 2.75) is 104 Å². The van der Waals surface area contributed by atoms with Gasteiger partial charge in [-0.25, -0.2) is 0 Å². The van der Waals surface area contributed by atoms with E-state index in [0.717, 1.165) is 0 Å². The molecule has 9 heteroatoms. The lowest BCUT2D eigenvalue weighted by atomic mass is 9.79. The maximum Gasteiger partial charge on any atom is 0.188 e. The van der Waals surface area contributed by atoms with Gasteiger partial charge in [-0.3, -0.25) is 0 Å². The normalized spacial score (nSPS) is 42.6. The Labute approximate surface area is 191 Å². The van der Waals surface area contributed by atoms with Gasteiger partial charge in [0.15, 0.2) is 29.2 Å². The highest BCUT2D eigenvalue weighted by molar-refractivity contribution is 6.70. The third-order valence-corrected chi connectivity index (χ3v) is 8.55. The van der Waals surface area contributed by atoms with Gasteiger partial charge in [0.05, 0.1) is 31.5 Å². The van der Waals surface area contributed by atoms with Crippen molar-refractivity contribution in [3.8, 4) is 0 Å². The van der Waals surface area contributed by atoms with Crippen molar-refractivity contribution in [1.82, 2.24) is 0 Å². The number of aliphatic hydroxyl groups excluding tert-OH is 2. The van der Waals surface area contributed by atoms with E-state index in [-0.39, 0.29) is 43.2 Å². The van der Waals surface area contributed by atoms with E-state index < -0.39 is 41.4 Å². The minimum atomic E-state index is -1.96. The van der Waals surface area contributed by atoms with Crippen LogP contribution in [0.1, 0.15) is 27.7 Å². The molecular formula is C22H46O7Si2. The largest absolute Gasteiger partial charge is 0.412 e. The van der Waals surface area contributed by atoms with Gasteiger partial charge in [0, 0.05) is 11.8 Å². The molecule has 0 unspecified atom stereocenters. The van der Waals surface area contributed by atoms with Gasteiger partial charge in [-0.1, -0.05) is 27.7 Å². The van der Waals surface area contributed by atoms with Gasteiger partial charge in [0.25, 0.3) is 0 Å². The molecule has 31 heavy (non-hydrogen) atoms. The average molecular weight is 479 g/mol. The molecule has 0 aliphatic carbocycles. The fourth-order valence-corrected chi connectivity index (χ4v) is 6.68. The SMILES string of the molecule is C[C@@H]1[C@@H](C)[C@@H](O[C@H]2O[C@H](CO)[C@@H](C)[C@H](O[Si](C)(C)C)[C@H]2O[Si](C)(C)C)O[C@H](CO)[C@H]1C. The van der Waals surface area contributed by atoms with E-state index in [2.05, 4.69) is 60.1 Å². The van der Waals surface area contributed by atoms with Crippen molar-refractivity contribution in [3.05, 3.63) is 0 Å². The highest BCUT2D eigenvalue weighted by Gasteiger charge is 2.50. The first-order valence-electron chi connectivity index (χ1n) is 11.7. The van der Waals surface area contributed by atoms with Crippen LogP contribution in [0.4, 0.5) is 0 Å². The van der Waals surface area contributed by atoms with Gasteiger partial charge in [0.1, 0.15) is 6.10 Å². The Morgan fingerprint density at radius 3 is 1.55 bits per heavy atom. The zero-order chi connectivity index (χ0) is 23.7. The Hall–Kier alpha value is 0.154. The Morgan fingerprint density at radius 2 is 1.06 bits per heavy atom. The predicted octanol–water partition coefficient (Wildman–Crippen LogP) is 3.42. The summed E-state index contributed by atoms with van der Waals surface area (Å²) in [5, 5.41) is 19.8. The second-order valence-electron chi connectivity index (χ2n) is 11.4. The van der Waals surface area contributed by atoms with Gasteiger partial charge < -0.3 is 33.3 Å². The molecule has 0 saturated carbocycles.